The first-order valence-corrected chi connectivity index (χ1v) is 13.4. The lowest BCUT2D eigenvalue weighted by atomic mass is 10.1. The van der Waals surface area contributed by atoms with Gasteiger partial charge in [-0.25, -0.2) is 21.8 Å². The molecule has 0 bridgehead atoms. The van der Waals surface area contributed by atoms with E-state index in [4.69, 9.17) is 23.2 Å². The number of rotatable bonds is 7. The second-order valence-electron chi connectivity index (χ2n) is 7.08. The number of alkyl halides is 3. The number of nitrogens with one attached hydrogen (secondary N) is 2. The first-order valence-electron chi connectivity index (χ1n) is 9.24. The Morgan fingerprint density at radius 2 is 1.66 bits per heavy atom. The fraction of sp³-hybridized carbons (Fsp3) is 0.100. The van der Waals surface area contributed by atoms with Gasteiger partial charge >= 0.3 is 6.18 Å². The lowest BCUT2D eigenvalue weighted by Gasteiger charge is -2.14. The van der Waals surface area contributed by atoms with Crippen LogP contribution in [0.3, 0.4) is 0 Å². The first-order chi connectivity index (χ1) is 16.1. The van der Waals surface area contributed by atoms with E-state index in [0.717, 1.165) is 30.7 Å². The van der Waals surface area contributed by atoms with Crippen LogP contribution in [0.5, 0.6) is 0 Å². The number of aromatic nitrogens is 1. The maximum atomic E-state index is 13.2. The Kier molecular flexibility index (Phi) is 7.37. The molecule has 0 aliphatic rings. The molecule has 1 aromatic heterocycles. The van der Waals surface area contributed by atoms with Crippen LogP contribution in [0.2, 0.25) is 10.0 Å². The Bertz CT molecular complexity index is 1530. The van der Waals surface area contributed by atoms with Crippen LogP contribution in [-0.2, 0) is 26.2 Å². The highest BCUT2D eigenvalue weighted by Crippen LogP contribution is 2.36. The van der Waals surface area contributed by atoms with Crippen molar-refractivity contribution in [1.82, 2.24) is 4.98 Å². The van der Waals surface area contributed by atoms with E-state index in [1.165, 1.54) is 24.3 Å². The third-order valence-electron chi connectivity index (χ3n) is 4.30. The summed E-state index contributed by atoms with van der Waals surface area (Å²) in [7, 11) is -8.30. The number of halogens is 5. The number of sulfonamides is 2. The molecule has 15 heteroatoms. The van der Waals surface area contributed by atoms with Gasteiger partial charge in [0.2, 0.25) is 15.8 Å². The number of carbonyl (C=O) groups excluding carboxylic acids is 1. The van der Waals surface area contributed by atoms with Crippen LogP contribution in [0.4, 0.5) is 24.5 Å². The Morgan fingerprint density at radius 3 is 2.29 bits per heavy atom. The molecule has 0 atom stereocenters. The number of anilines is 2. The lowest BCUT2D eigenvalue weighted by molar-refractivity contribution is -0.137. The van der Waals surface area contributed by atoms with E-state index in [1.54, 1.807) is 0 Å². The molecule has 0 aliphatic carbocycles. The van der Waals surface area contributed by atoms with Crippen molar-refractivity contribution in [2.24, 2.45) is 0 Å². The lowest BCUT2D eigenvalue weighted by Crippen LogP contribution is -2.18. The summed E-state index contributed by atoms with van der Waals surface area (Å²) in [5.74, 6) is -0.816. The second-order valence-corrected chi connectivity index (χ2v) is 11.4. The van der Waals surface area contributed by atoms with Crippen LogP contribution in [0, 0.1) is 0 Å². The maximum Gasteiger partial charge on any atom is 0.417 e. The number of carbonyl (C=O) groups is 1. The highest BCUT2D eigenvalue weighted by molar-refractivity contribution is 7.92. The standard InChI is InChI=1S/C20H14Cl2F3N3O5S2/c1-34(30,31)27-13-4-2-3-11(7-13)19(29)18-17(8-12(21)10-26-18)28-35(32,33)14-5-6-16(22)15(9-14)20(23,24)25/h2-10,27-28H,1H3. The van der Waals surface area contributed by atoms with Gasteiger partial charge in [-0.05, 0) is 36.4 Å². The van der Waals surface area contributed by atoms with Gasteiger partial charge in [0.1, 0.15) is 5.69 Å². The highest BCUT2D eigenvalue weighted by Gasteiger charge is 2.34. The van der Waals surface area contributed by atoms with Gasteiger partial charge in [0.15, 0.2) is 0 Å². The third-order valence-corrected chi connectivity index (χ3v) is 6.80. The Morgan fingerprint density at radius 1 is 0.971 bits per heavy atom. The highest BCUT2D eigenvalue weighted by atomic mass is 35.5. The summed E-state index contributed by atoms with van der Waals surface area (Å²) in [6, 6.07) is 8.35. The summed E-state index contributed by atoms with van der Waals surface area (Å²) >= 11 is 11.4. The largest absolute Gasteiger partial charge is 0.417 e. The molecule has 0 amide bonds. The molecule has 35 heavy (non-hydrogen) atoms. The molecule has 0 unspecified atom stereocenters. The molecule has 3 aromatic rings. The van der Waals surface area contributed by atoms with E-state index in [9.17, 15) is 34.8 Å². The van der Waals surface area contributed by atoms with Crippen molar-refractivity contribution in [3.63, 3.8) is 0 Å². The minimum atomic E-state index is -4.91. The van der Waals surface area contributed by atoms with Crippen molar-refractivity contribution in [2.75, 3.05) is 15.7 Å². The van der Waals surface area contributed by atoms with Crippen LogP contribution in [0.1, 0.15) is 21.6 Å². The Balaban J connectivity index is 2.03. The zero-order valence-electron chi connectivity index (χ0n) is 17.4. The monoisotopic (exact) mass is 567 g/mol. The van der Waals surface area contributed by atoms with E-state index < -0.39 is 58.9 Å². The summed E-state index contributed by atoms with van der Waals surface area (Å²) in [6.07, 6.45) is -2.93. The second kappa shape index (κ2) is 9.64. The summed E-state index contributed by atoms with van der Waals surface area (Å²) in [5, 5.41) is -0.766. The summed E-state index contributed by atoms with van der Waals surface area (Å²) in [5.41, 5.74) is -2.19. The molecule has 2 N–H and O–H groups in total. The molecule has 0 saturated carbocycles. The number of nitrogens with zero attached hydrogens (tertiary/aromatic N) is 1. The van der Waals surface area contributed by atoms with Gasteiger partial charge < -0.3 is 0 Å². The number of hydrogen-bond donors (Lipinski definition) is 2. The maximum absolute atomic E-state index is 13.2. The number of ketones is 1. The average molecular weight is 568 g/mol. The van der Waals surface area contributed by atoms with Crippen molar-refractivity contribution in [3.8, 4) is 0 Å². The minimum Gasteiger partial charge on any atom is -0.287 e. The molecule has 1 heterocycles. The smallest absolute Gasteiger partial charge is 0.287 e. The summed E-state index contributed by atoms with van der Waals surface area (Å²) in [4.78, 5) is 16.2. The Labute approximate surface area is 208 Å². The van der Waals surface area contributed by atoms with Crippen LogP contribution in [-0.4, -0.2) is 33.9 Å². The molecule has 3 rings (SSSR count). The van der Waals surface area contributed by atoms with E-state index in [1.807, 2.05) is 4.72 Å². The zero-order valence-corrected chi connectivity index (χ0v) is 20.5. The molecule has 0 spiro atoms. The zero-order chi connectivity index (χ0) is 26.2. The van der Waals surface area contributed by atoms with Crippen LogP contribution < -0.4 is 9.44 Å². The van der Waals surface area contributed by atoms with Crippen molar-refractivity contribution in [2.45, 2.75) is 11.1 Å². The molecular formula is C20H14Cl2F3N3O5S2. The van der Waals surface area contributed by atoms with Crippen molar-refractivity contribution in [3.05, 3.63) is 81.6 Å². The Hall–Kier alpha value is -2.87. The number of pyridine rings is 1. The van der Waals surface area contributed by atoms with Gasteiger partial charge in [-0.1, -0.05) is 35.3 Å². The average Bonchev–Trinajstić information content (AvgIpc) is 2.71. The molecule has 186 valence electrons. The fourth-order valence-corrected chi connectivity index (χ4v) is 4.89. The van der Waals surface area contributed by atoms with Crippen molar-refractivity contribution in [1.29, 1.82) is 0 Å². The van der Waals surface area contributed by atoms with E-state index in [0.29, 0.717) is 6.07 Å². The fourth-order valence-electron chi connectivity index (χ4n) is 2.87. The summed E-state index contributed by atoms with van der Waals surface area (Å²) in [6.45, 7) is 0. The molecule has 0 aliphatic heterocycles. The van der Waals surface area contributed by atoms with Gasteiger partial charge in [0.05, 0.1) is 32.4 Å². The molecule has 0 fully saturated rings. The summed E-state index contributed by atoms with van der Waals surface area (Å²) < 4.78 is 92.4. The van der Waals surface area contributed by atoms with E-state index in [-0.39, 0.29) is 16.3 Å². The van der Waals surface area contributed by atoms with Crippen LogP contribution in [0.25, 0.3) is 0 Å². The minimum absolute atomic E-state index is 0.0558. The normalized spacial score (nSPS) is 12.3. The van der Waals surface area contributed by atoms with Crippen LogP contribution in [0.15, 0.2) is 59.6 Å². The van der Waals surface area contributed by atoms with E-state index >= 15 is 0 Å². The van der Waals surface area contributed by atoms with Crippen LogP contribution >= 0.6 is 23.2 Å². The number of hydrogen-bond acceptors (Lipinski definition) is 6. The van der Waals surface area contributed by atoms with Crippen molar-refractivity contribution < 1.29 is 34.8 Å². The third kappa shape index (κ3) is 6.63. The number of benzene rings is 2. The van der Waals surface area contributed by atoms with Gasteiger partial charge in [0, 0.05) is 17.4 Å². The van der Waals surface area contributed by atoms with Gasteiger partial charge in [-0.15, -0.1) is 0 Å². The van der Waals surface area contributed by atoms with Gasteiger partial charge in [0.25, 0.3) is 10.0 Å². The molecule has 8 nitrogen and oxygen atoms in total. The topological polar surface area (TPSA) is 122 Å². The van der Waals surface area contributed by atoms with E-state index in [2.05, 4.69) is 9.71 Å². The molecule has 0 radical (unpaired) electrons. The van der Waals surface area contributed by atoms with Crippen molar-refractivity contribution >= 4 is 60.4 Å². The SMILES string of the molecule is CS(=O)(=O)Nc1cccc(C(=O)c2ncc(Cl)cc2NS(=O)(=O)c2ccc(Cl)c(C(F)(F)F)c2)c1. The predicted octanol–water partition coefficient (Wildman–Crippen LogP) is 4.81. The quantitative estimate of drug-likeness (QED) is 0.395. The predicted molar refractivity (Wildman–Crippen MR) is 125 cm³/mol. The molecule has 0 saturated heterocycles. The molecular weight excluding hydrogens is 554 g/mol. The molecule has 2 aromatic carbocycles. The van der Waals surface area contributed by atoms with Gasteiger partial charge in [-0.3, -0.25) is 14.2 Å². The first kappa shape index (κ1) is 26.7. The van der Waals surface area contributed by atoms with Gasteiger partial charge in [-0.2, -0.15) is 13.2 Å².